The van der Waals surface area contributed by atoms with Crippen molar-refractivity contribution >= 4 is 40.4 Å². The number of ether oxygens (including phenoxy) is 4. The molecule has 0 saturated heterocycles. The van der Waals surface area contributed by atoms with Gasteiger partial charge >= 0.3 is 12.2 Å². The number of aryl methyl sites for hydroxylation is 2. The lowest BCUT2D eigenvalue weighted by Gasteiger charge is -2.30. The summed E-state index contributed by atoms with van der Waals surface area (Å²) in [6.07, 6.45) is -4.49. The topological polar surface area (TPSA) is 114 Å². The normalized spacial score (nSPS) is 14.6. The first-order valence-electron chi connectivity index (χ1n) is 22.7. The van der Waals surface area contributed by atoms with E-state index in [2.05, 4.69) is 88.5 Å². The van der Waals surface area contributed by atoms with Gasteiger partial charge in [0.1, 0.15) is 29.1 Å². The molecule has 2 amide bonds. The van der Waals surface area contributed by atoms with Gasteiger partial charge in [0.15, 0.2) is 0 Å². The predicted molar refractivity (Wildman–Crippen MR) is 274 cm³/mol. The summed E-state index contributed by atoms with van der Waals surface area (Å²) >= 11 is 0. The summed E-state index contributed by atoms with van der Waals surface area (Å²) in [4.78, 5) is 13.4. The molecule has 0 saturated carbocycles. The molecular weight excluding hydrogens is 911 g/mol. The van der Waals surface area contributed by atoms with Crippen molar-refractivity contribution in [3.63, 3.8) is 0 Å². The molecule has 8 rings (SSSR count). The second-order valence-electron chi connectivity index (χ2n) is 17.0. The number of benzene rings is 7. The number of halogens is 3. The monoisotopic (exact) mass is 965 g/mol. The molecule has 0 aromatic heterocycles. The van der Waals surface area contributed by atoms with Crippen LogP contribution in [-0.4, -0.2) is 40.0 Å². The van der Waals surface area contributed by atoms with E-state index in [1.807, 2.05) is 79.7 Å². The van der Waals surface area contributed by atoms with E-state index in [1.54, 1.807) is 40.4 Å². The minimum Gasteiger partial charge on any atom is -0.497 e. The minimum absolute atomic E-state index is 0.0119. The highest BCUT2D eigenvalue weighted by Crippen LogP contribution is 2.48. The van der Waals surface area contributed by atoms with Gasteiger partial charge in [-0.25, -0.2) is 4.79 Å². The molecule has 7 aromatic rings. The first-order valence-corrected chi connectivity index (χ1v) is 24.4. The Morgan fingerprint density at radius 2 is 1.27 bits per heavy atom. The van der Waals surface area contributed by atoms with E-state index in [4.69, 9.17) is 23.7 Å². The molecular formula is C56H55F3N5O5P. The van der Waals surface area contributed by atoms with Crippen molar-refractivity contribution in [2.75, 3.05) is 38.5 Å². The van der Waals surface area contributed by atoms with Gasteiger partial charge in [-0.15, -0.1) is 0 Å². The summed E-state index contributed by atoms with van der Waals surface area (Å²) in [5.41, 5.74) is 3.82. The molecule has 0 heterocycles. The van der Waals surface area contributed by atoms with Crippen molar-refractivity contribution < 1.29 is 36.9 Å². The Morgan fingerprint density at radius 3 is 1.84 bits per heavy atom. The minimum atomic E-state index is -4.57. The molecule has 1 aliphatic carbocycles. The number of carbonyl (C=O) groups excluding carboxylic acids is 1. The van der Waals surface area contributed by atoms with Gasteiger partial charge < -0.3 is 40.2 Å². The summed E-state index contributed by atoms with van der Waals surface area (Å²) in [7, 11) is 2.19. The number of urea groups is 1. The van der Waals surface area contributed by atoms with Crippen molar-refractivity contribution in [2.45, 2.75) is 44.6 Å². The van der Waals surface area contributed by atoms with Gasteiger partial charge in [0.25, 0.3) is 0 Å². The standard InChI is InChI=1S/C56H55F3N5O5P/c1-36-16-29-52(50(32-36)64-55(65)63-42-31-37(2)30-41(34-42)56(57,58)59)69-53-33-40-14-10-11-15-49(40)54(53)62-38(3)61-51(39-12-8-7-9-13-39)35-60-70(46-23-17-43(66-4)18-24-46,47-25-19-44(67-5)20-26-47)48-27-21-45(68-6)22-28-48/h7-32,34,51,53-54,61-62H,3,33,35H2,1-2,4-6H3,(H2,63,64,65)/t51-,53+,54+/m0/s1. The third kappa shape index (κ3) is 11.1. The zero-order chi connectivity index (χ0) is 49.4. The molecule has 10 nitrogen and oxygen atoms in total. The van der Waals surface area contributed by atoms with E-state index >= 15 is 0 Å². The molecule has 360 valence electrons. The molecule has 0 radical (unpaired) electrons. The molecule has 4 N–H and O–H groups in total. The molecule has 0 bridgehead atoms. The van der Waals surface area contributed by atoms with E-state index in [9.17, 15) is 18.0 Å². The quantitative estimate of drug-likeness (QED) is 0.0672. The third-order valence-corrected chi connectivity index (χ3v) is 15.9. The van der Waals surface area contributed by atoms with Crippen LogP contribution in [0.5, 0.6) is 23.0 Å². The number of hydrogen-bond donors (Lipinski definition) is 4. The Kier molecular flexibility index (Phi) is 14.9. The number of methoxy groups -OCH3 is 3. The number of hydrogen-bond acceptors (Lipinski definition) is 8. The fourth-order valence-electron chi connectivity index (χ4n) is 8.80. The van der Waals surface area contributed by atoms with Crippen LogP contribution in [0.25, 0.3) is 0 Å². The van der Waals surface area contributed by atoms with E-state index in [0.717, 1.165) is 67.5 Å². The number of nitrogens with zero attached hydrogens (tertiary/aromatic N) is 1. The number of carbonyl (C=O) groups is 1. The van der Waals surface area contributed by atoms with Crippen LogP contribution in [0.2, 0.25) is 0 Å². The van der Waals surface area contributed by atoms with Gasteiger partial charge in [-0.3, -0.25) is 4.74 Å². The van der Waals surface area contributed by atoms with Gasteiger partial charge in [-0.1, -0.05) is 67.2 Å². The summed E-state index contributed by atoms with van der Waals surface area (Å²) in [5, 5.41) is 15.9. The van der Waals surface area contributed by atoms with Gasteiger partial charge in [-0.05, 0) is 145 Å². The van der Waals surface area contributed by atoms with Crippen LogP contribution in [0, 0.1) is 13.8 Å². The largest absolute Gasteiger partial charge is 0.497 e. The molecule has 70 heavy (non-hydrogen) atoms. The molecule has 7 aromatic carbocycles. The smallest absolute Gasteiger partial charge is 0.416 e. The van der Waals surface area contributed by atoms with E-state index < -0.39 is 30.9 Å². The van der Waals surface area contributed by atoms with Gasteiger partial charge in [-0.2, -0.15) is 13.2 Å². The number of anilines is 2. The zero-order valence-electron chi connectivity index (χ0n) is 39.5. The third-order valence-electron chi connectivity index (χ3n) is 12.2. The van der Waals surface area contributed by atoms with Gasteiger partial charge in [0, 0.05) is 28.0 Å². The number of amides is 2. The van der Waals surface area contributed by atoms with Crippen LogP contribution in [-0.2, 0) is 12.6 Å². The highest BCUT2D eigenvalue weighted by Gasteiger charge is 2.36. The molecule has 0 aliphatic heterocycles. The average molecular weight is 966 g/mol. The van der Waals surface area contributed by atoms with E-state index in [-0.39, 0.29) is 17.8 Å². The highest BCUT2D eigenvalue weighted by molar-refractivity contribution is 7.87. The average Bonchev–Trinajstić information content (AvgIpc) is 3.70. The molecule has 0 unspecified atom stereocenters. The fraction of sp³-hybridized carbons (Fsp3) is 0.196. The summed E-state index contributed by atoms with van der Waals surface area (Å²) in [6.45, 7) is 8.28. The zero-order valence-corrected chi connectivity index (χ0v) is 40.4. The Bertz CT molecular complexity index is 2880. The van der Waals surface area contributed by atoms with Crippen molar-refractivity contribution in [1.29, 1.82) is 0 Å². The van der Waals surface area contributed by atoms with E-state index in [1.165, 1.54) is 6.07 Å². The number of rotatable bonds is 17. The maximum absolute atomic E-state index is 13.6. The van der Waals surface area contributed by atoms with Gasteiger partial charge in [0.05, 0.1) is 64.1 Å². The first-order chi connectivity index (χ1) is 33.8. The Labute approximate surface area is 406 Å². The van der Waals surface area contributed by atoms with Crippen LogP contribution in [0.4, 0.5) is 29.3 Å². The molecule has 0 fully saturated rings. The summed E-state index contributed by atoms with van der Waals surface area (Å²) in [5.74, 6) is 3.13. The predicted octanol–water partition coefficient (Wildman–Crippen LogP) is 11.6. The molecule has 1 aliphatic rings. The Hall–Kier alpha value is -7.63. The lowest BCUT2D eigenvalue weighted by molar-refractivity contribution is -0.137. The lowest BCUT2D eigenvalue weighted by atomic mass is 10.1. The van der Waals surface area contributed by atoms with Crippen molar-refractivity contribution in [1.82, 2.24) is 10.6 Å². The number of fused-ring (bicyclic) bond motifs is 1. The van der Waals surface area contributed by atoms with E-state index in [0.29, 0.717) is 35.8 Å². The van der Waals surface area contributed by atoms with Crippen LogP contribution in [0.15, 0.2) is 181 Å². The summed E-state index contributed by atoms with van der Waals surface area (Å²) < 4.78 is 70.3. The van der Waals surface area contributed by atoms with Crippen LogP contribution in [0.3, 0.4) is 0 Å². The highest BCUT2D eigenvalue weighted by atomic mass is 31.2. The second kappa shape index (κ2) is 21.3. The van der Waals surface area contributed by atoms with Crippen LogP contribution >= 0.6 is 7.05 Å². The van der Waals surface area contributed by atoms with Crippen molar-refractivity contribution in [3.05, 3.63) is 210 Å². The van der Waals surface area contributed by atoms with Gasteiger partial charge in [0.2, 0.25) is 0 Å². The summed E-state index contributed by atoms with van der Waals surface area (Å²) in [6, 6.07) is 50.0. The Morgan fingerprint density at radius 1 is 0.700 bits per heavy atom. The van der Waals surface area contributed by atoms with Crippen molar-refractivity contribution in [3.8, 4) is 23.0 Å². The molecule has 0 spiro atoms. The molecule has 3 atom stereocenters. The van der Waals surface area contributed by atoms with Crippen molar-refractivity contribution in [2.24, 2.45) is 4.74 Å². The maximum atomic E-state index is 13.6. The number of alkyl halides is 3. The SMILES string of the molecule is C=C(N[C@@H](CN=P(c1ccc(OC)cc1)(c1ccc(OC)cc1)c1ccc(OC)cc1)c1ccccc1)N[C@@H]1c2ccccc2C[C@H]1Oc1ccc(C)cc1NC(=O)Nc1cc(C)cc(C(F)(F)F)c1. The van der Waals surface area contributed by atoms with Crippen LogP contribution in [0.1, 0.15) is 45.5 Å². The Balaban J connectivity index is 1.10. The van der Waals surface area contributed by atoms with Crippen LogP contribution < -0.4 is 56.1 Å². The fourth-order valence-corrected chi connectivity index (χ4v) is 12.3. The maximum Gasteiger partial charge on any atom is 0.416 e. The molecule has 14 heteroatoms. The lowest BCUT2D eigenvalue weighted by Crippen LogP contribution is -2.38. The first kappa shape index (κ1) is 48.8. The second-order valence-corrected chi connectivity index (χ2v) is 20.1. The number of nitrogens with one attached hydrogen (secondary N) is 4.